The number of alkyl halides is 1. The van der Waals surface area contributed by atoms with E-state index in [9.17, 15) is 0 Å². The van der Waals surface area contributed by atoms with E-state index >= 15 is 0 Å². The van der Waals surface area contributed by atoms with Crippen LogP contribution in [0.2, 0.25) is 0 Å². The smallest absolute Gasteiger partial charge is 0.0687 e. The van der Waals surface area contributed by atoms with Crippen LogP contribution in [0.4, 0.5) is 0 Å². The Kier molecular flexibility index (Phi) is 4.94. The molecule has 1 saturated carbocycles. The lowest BCUT2D eigenvalue weighted by Crippen LogP contribution is -2.24. The Morgan fingerprint density at radius 1 is 1.24 bits per heavy atom. The first-order valence-corrected chi connectivity index (χ1v) is 8.35. The topological polar surface area (TPSA) is 9.23 Å². The summed E-state index contributed by atoms with van der Waals surface area (Å²) in [5, 5.41) is 0. The highest BCUT2D eigenvalue weighted by Crippen LogP contribution is 2.44. The first-order valence-electron chi connectivity index (χ1n) is 7.43. The van der Waals surface area contributed by atoms with E-state index in [4.69, 9.17) is 4.74 Å². The van der Waals surface area contributed by atoms with Crippen LogP contribution >= 0.6 is 15.9 Å². The summed E-state index contributed by atoms with van der Waals surface area (Å²) in [5.74, 6) is 0.751. The van der Waals surface area contributed by atoms with E-state index in [2.05, 4.69) is 29.8 Å². The van der Waals surface area contributed by atoms with Crippen molar-refractivity contribution in [2.75, 3.05) is 0 Å². The quantitative estimate of drug-likeness (QED) is 0.644. The maximum absolute atomic E-state index is 6.34. The predicted molar refractivity (Wildman–Crippen MR) is 76.7 cm³/mol. The van der Waals surface area contributed by atoms with Gasteiger partial charge in [0.15, 0.2) is 0 Å². The minimum Gasteiger partial charge on any atom is -0.372 e. The number of hydrogen-bond acceptors (Lipinski definition) is 1. The van der Waals surface area contributed by atoms with Crippen molar-refractivity contribution in [3.05, 3.63) is 0 Å². The molecule has 2 atom stereocenters. The summed E-state index contributed by atoms with van der Waals surface area (Å²) in [6, 6.07) is 0. The molecule has 2 unspecified atom stereocenters. The zero-order chi connectivity index (χ0) is 12.3. The Bertz CT molecular complexity index is 233. The van der Waals surface area contributed by atoms with Crippen molar-refractivity contribution in [2.24, 2.45) is 5.92 Å². The summed E-state index contributed by atoms with van der Waals surface area (Å²) in [5.41, 5.74) is 0.330. The molecule has 1 aliphatic carbocycles. The van der Waals surface area contributed by atoms with Gasteiger partial charge in [0.25, 0.3) is 0 Å². The third-order valence-corrected chi connectivity index (χ3v) is 6.10. The molecule has 17 heavy (non-hydrogen) atoms. The predicted octanol–water partition coefficient (Wildman–Crippen LogP) is 5.07. The summed E-state index contributed by atoms with van der Waals surface area (Å²) in [4.78, 5) is 0.685. The normalized spacial score (nSPS) is 29.3. The van der Waals surface area contributed by atoms with Crippen LogP contribution in [0.25, 0.3) is 0 Å². The van der Waals surface area contributed by atoms with Crippen LogP contribution in [0.5, 0.6) is 0 Å². The molecule has 1 nitrogen and oxygen atoms in total. The highest BCUT2D eigenvalue weighted by atomic mass is 79.9. The molecule has 0 aromatic carbocycles. The summed E-state index contributed by atoms with van der Waals surface area (Å²) >= 11 is 3.77. The summed E-state index contributed by atoms with van der Waals surface area (Å²) < 4.78 is 6.34. The molecule has 0 radical (unpaired) electrons. The van der Waals surface area contributed by atoms with Gasteiger partial charge < -0.3 is 4.74 Å². The van der Waals surface area contributed by atoms with Gasteiger partial charge in [0.1, 0.15) is 0 Å². The molecule has 0 amide bonds. The van der Waals surface area contributed by atoms with Gasteiger partial charge >= 0.3 is 0 Å². The van der Waals surface area contributed by atoms with Gasteiger partial charge in [0.2, 0.25) is 0 Å². The first-order chi connectivity index (χ1) is 8.11. The second-order valence-corrected chi connectivity index (χ2v) is 7.54. The lowest BCUT2D eigenvalue weighted by molar-refractivity contribution is -0.0395. The standard InChI is InChI=1S/C15H27BrO/c1-12(2)14(16)7-5-6-13-8-11-15(17-13)9-3-4-10-15/h12-14H,3-11H2,1-2H3. The minimum absolute atomic E-state index is 0.330. The summed E-state index contributed by atoms with van der Waals surface area (Å²) in [7, 11) is 0. The van der Waals surface area contributed by atoms with Gasteiger partial charge in [-0.05, 0) is 50.9 Å². The lowest BCUT2D eigenvalue weighted by Gasteiger charge is -2.24. The first kappa shape index (κ1) is 13.9. The number of rotatable bonds is 5. The van der Waals surface area contributed by atoms with Crippen molar-refractivity contribution in [1.82, 2.24) is 0 Å². The molecule has 0 bridgehead atoms. The molecule has 1 aliphatic heterocycles. The molecule has 1 spiro atoms. The van der Waals surface area contributed by atoms with Crippen molar-refractivity contribution in [1.29, 1.82) is 0 Å². The van der Waals surface area contributed by atoms with Crippen LogP contribution in [0.3, 0.4) is 0 Å². The molecule has 0 aromatic rings. The van der Waals surface area contributed by atoms with E-state index < -0.39 is 0 Å². The molecule has 0 N–H and O–H groups in total. The fourth-order valence-electron chi connectivity index (χ4n) is 3.36. The second-order valence-electron chi connectivity index (χ2n) is 6.36. The third kappa shape index (κ3) is 3.70. The molecule has 1 saturated heterocycles. The van der Waals surface area contributed by atoms with Crippen LogP contribution in [-0.4, -0.2) is 16.5 Å². The largest absolute Gasteiger partial charge is 0.372 e. The van der Waals surface area contributed by atoms with Gasteiger partial charge in [-0.25, -0.2) is 0 Å². The van der Waals surface area contributed by atoms with Crippen molar-refractivity contribution in [2.45, 2.75) is 88.2 Å². The monoisotopic (exact) mass is 302 g/mol. The van der Waals surface area contributed by atoms with Crippen LogP contribution < -0.4 is 0 Å². The molecule has 2 rings (SSSR count). The zero-order valence-corrected chi connectivity index (χ0v) is 13.0. The zero-order valence-electron chi connectivity index (χ0n) is 11.4. The maximum Gasteiger partial charge on any atom is 0.0687 e. The molecular weight excluding hydrogens is 276 g/mol. The fraction of sp³-hybridized carbons (Fsp3) is 1.00. The van der Waals surface area contributed by atoms with Gasteiger partial charge in [-0.2, -0.15) is 0 Å². The lowest BCUT2D eigenvalue weighted by atomic mass is 9.97. The average Bonchev–Trinajstić information content (AvgIpc) is 2.90. The summed E-state index contributed by atoms with van der Waals surface area (Å²) in [6.45, 7) is 4.58. The van der Waals surface area contributed by atoms with Crippen LogP contribution in [0.1, 0.15) is 71.6 Å². The number of hydrogen-bond donors (Lipinski definition) is 0. The van der Waals surface area contributed by atoms with Gasteiger partial charge in [0.05, 0.1) is 11.7 Å². The molecule has 2 heteroatoms. The van der Waals surface area contributed by atoms with E-state index in [1.54, 1.807) is 0 Å². The average molecular weight is 303 g/mol. The van der Waals surface area contributed by atoms with E-state index in [0.29, 0.717) is 16.5 Å². The maximum atomic E-state index is 6.34. The van der Waals surface area contributed by atoms with Gasteiger partial charge in [-0.15, -0.1) is 0 Å². The Morgan fingerprint density at radius 2 is 1.94 bits per heavy atom. The minimum atomic E-state index is 0.330. The highest BCUT2D eigenvalue weighted by molar-refractivity contribution is 9.09. The Balaban J connectivity index is 1.65. The molecule has 1 heterocycles. The van der Waals surface area contributed by atoms with Crippen LogP contribution in [-0.2, 0) is 4.74 Å². The van der Waals surface area contributed by atoms with Crippen molar-refractivity contribution >= 4 is 15.9 Å². The van der Waals surface area contributed by atoms with Crippen molar-refractivity contribution in [3.8, 4) is 0 Å². The Hall–Kier alpha value is 0.440. The summed E-state index contributed by atoms with van der Waals surface area (Å²) in [6.07, 6.45) is 12.5. The van der Waals surface area contributed by atoms with E-state index in [1.807, 2.05) is 0 Å². The fourth-order valence-corrected chi connectivity index (χ4v) is 3.68. The van der Waals surface area contributed by atoms with Gasteiger partial charge in [0, 0.05) is 4.83 Å². The van der Waals surface area contributed by atoms with Crippen molar-refractivity contribution < 1.29 is 4.74 Å². The SMILES string of the molecule is CC(C)C(Br)CCCC1CCC2(CCCC2)O1. The third-order valence-electron chi connectivity index (χ3n) is 4.58. The van der Waals surface area contributed by atoms with Gasteiger partial charge in [-0.1, -0.05) is 42.6 Å². The molecule has 0 aromatic heterocycles. The van der Waals surface area contributed by atoms with E-state index in [1.165, 1.54) is 57.8 Å². The van der Waals surface area contributed by atoms with Crippen LogP contribution in [0.15, 0.2) is 0 Å². The molecular formula is C15H27BrO. The highest BCUT2D eigenvalue weighted by Gasteiger charge is 2.41. The molecule has 2 aliphatic rings. The van der Waals surface area contributed by atoms with Crippen LogP contribution in [0, 0.1) is 5.92 Å². The second kappa shape index (κ2) is 6.06. The molecule has 100 valence electrons. The Morgan fingerprint density at radius 3 is 2.59 bits per heavy atom. The number of ether oxygens (including phenoxy) is 1. The van der Waals surface area contributed by atoms with E-state index in [0.717, 1.165) is 5.92 Å². The van der Waals surface area contributed by atoms with Crippen molar-refractivity contribution in [3.63, 3.8) is 0 Å². The number of halogens is 1. The van der Waals surface area contributed by atoms with E-state index in [-0.39, 0.29) is 0 Å². The molecule has 2 fully saturated rings. The van der Waals surface area contributed by atoms with Gasteiger partial charge in [-0.3, -0.25) is 0 Å². The Labute approximate surface area is 115 Å².